The first-order valence-corrected chi connectivity index (χ1v) is 15.8. The number of hydrogen-bond donors (Lipinski definition) is 0. The molecule has 0 radical (unpaired) electrons. The molecular formula is C17H14Br2Fe. The summed E-state index contributed by atoms with van der Waals surface area (Å²) in [4.78, 5) is 11.1. The van der Waals surface area contributed by atoms with Crippen molar-refractivity contribution in [3.8, 4) is 0 Å². The number of benzene rings is 1. The quantitative estimate of drug-likeness (QED) is 0.393. The van der Waals surface area contributed by atoms with E-state index in [2.05, 4.69) is 56.1 Å². The first kappa shape index (κ1) is 8.52. The molecule has 5 unspecified atom stereocenters. The van der Waals surface area contributed by atoms with Crippen LogP contribution in [-0.4, -0.2) is 3.22 Å². The predicted molar refractivity (Wildman–Crippen MR) is 82.2 cm³/mol. The molecule has 1 aromatic rings. The van der Waals surface area contributed by atoms with E-state index in [0.29, 0.717) is 0 Å². The van der Waals surface area contributed by atoms with Gasteiger partial charge in [0.05, 0.1) is 0 Å². The zero-order valence-electron chi connectivity index (χ0n) is 10.7. The van der Waals surface area contributed by atoms with Gasteiger partial charge in [0.2, 0.25) is 0 Å². The van der Waals surface area contributed by atoms with Crippen LogP contribution in [0.5, 0.6) is 0 Å². The molecule has 1 aromatic carbocycles. The van der Waals surface area contributed by atoms with Crippen LogP contribution in [-0.2, 0) is 12.9 Å². The first-order valence-electron chi connectivity index (χ1n) is 8.06. The molecule has 0 N–H and O–H groups in total. The van der Waals surface area contributed by atoms with Crippen molar-refractivity contribution in [1.82, 2.24) is 0 Å². The monoisotopic (exact) mass is 432 g/mol. The van der Waals surface area contributed by atoms with Crippen LogP contribution in [0.15, 0.2) is 28.7 Å². The Hall–Kier alpha value is 0.699. The molecule has 5 atom stereocenters. The fourth-order valence-electron chi connectivity index (χ4n) is 18.1. The third kappa shape index (κ3) is 0.0986. The van der Waals surface area contributed by atoms with E-state index in [0.717, 1.165) is 7.54 Å². The molecule has 0 bridgehead atoms. The summed E-state index contributed by atoms with van der Waals surface area (Å²) in [7, 11) is 0. The zero-order valence-corrected chi connectivity index (χ0v) is 15.0. The molecule has 10 aliphatic heterocycles. The third-order valence-corrected chi connectivity index (χ3v) is 67.8. The summed E-state index contributed by atoms with van der Waals surface area (Å²) in [5.41, 5.74) is 1.64. The number of halogens is 2. The van der Waals surface area contributed by atoms with E-state index < -0.39 is 6.51 Å². The van der Waals surface area contributed by atoms with Crippen LogP contribution in [0, 0.1) is 0 Å². The van der Waals surface area contributed by atoms with Crippen LogP contribution >= 0.6 is 31.9 Å². The molecule has 0 aromatic heterocycles. The second-order valence-electron chi connectivity index (χ2n) is 11.6. The Morgan fingerprint density at radius 1 is 0.950 bits per heavy atom. The van der Waals surface area contributed by atoms with Crippen molar-refractivity contribution in [3.63, 3.8) is 0 Å². The van der Waals surface area contributed by atoms with Gasteiger partial charge in [0.15, 0.2) is 0 Å². The Balaban J connectivity index is 1.40. The molecule has 11 rings (SSSR count). The summed E-state index contributed by atoms with van der Waals surface area (Å²) in [6, 6.07) is 9.11. The van der Waals surface area contributed by atoms with Gasteiger partial charge in [-0.2, -0.15) is 0 Å². The van der Waals surface area contributed by atoms with Gasteiger partial charge in [-0.1, -0.05) is 0 Å². The summed E-state index contributed by atoms with van der Waals surface area (Å²) in [5.74, 6) is 0. The Morgan fingerprint density at radius 3 is 2.00 bits per heavy atom. The first-order chi connectivity index (χ1) is 9.43. The van der Waals surface area contributed by atoms with Crippen molar-refractivity contribution in [2.45, 2.75) is 52.5 Å². The summed E-state index contributed by atoms with van der Waals surface area (Å²) in [6.07, 6.45) is 1.46. The molecule has 0 nitrogen and oxygen atoms in total. The van der Waals surface area contributed by atoms with Gasteiger partial charge in [0, 0.05) is 0 Å². The standard InChI is InChI=1S/C12H9Br2.C5H5.Fe/c13-11-6-2-1-4-9(11)8-10-5-3-7-12(10)14;1-2-4-5-3-1;/h1-7H,8H2;1-5H;. The van der Waals surface area contributed by atoms with Crippen LogP contribution in [0.3, 0.4) is 0 Å². The molecule has 0 aliphatic carbocycles. The van der Waals surface area contributed by atoms with Gasteiger partial charge in [0.1, 0.15) is 0 Å². The van der Waals surface area contributed by atoms with E-state index in [9.17, 15) is 0 Å². The van der Waals surface area contributed by atoms with E-state index in [-0.39, 0.29) is 0 Å². The van der Waals surface area contributed by atoms with Crippen LogP contribution in [0.1, 0.15) is 5.56 Å². The Kier molecular flexibility index (Phi) is 0.342. The van der Waals surface area contributed by atoms with Crippen molar-refractivity contribution < 1.29 is 6.51 Å². The van der Waals surface area contributed by atoms with Crippen molar-refractivity contribution in [3.05, 3.63) is 34.3 Å². The average molecular weight is 434 g/mol. The number of fused-ring (bicyclic) bond motifs is 10. The van der Waals surface area contributed by atoms with E-state index in [1.807, 2.05) is 0 Å². The predicted octanol–water partition coefficient (Wildman–Crippen LogP) is 6.05. The maximum absolute atomic E-state index is 4.56. The van der Waals surface area contributed by atoms with Gasteiger partial charge in [-0.3, -0.25) is 0 Å². The van der Waals surface area contributed by atoms with E-state index in [1.54, 1.807) is 5.56 Å². The molecule has 10 aliphatic rings. The average Bonchev–Trinajstić information content (AvgIpc) is 3.38. The SMILES string of the molecule is Brc1ccccc1C[C]12[CH]3[CH]4[CH]5[C]1(Br)[Fe]45321678[CH]2[CH]1[CH]6[CH]7[CH]28. The Labute approximate surface area is 124 Å². The van der Waals surface area contributed by atoms with Gasteiger partial charge in [0.25, 0.3) is 0 Å². The summed E-state index contributed by atoms with van der Waals surface area (Å²) >= 11 is 8.39. The third-order valence-electron chi connectivity index (χ3n) is 16.4. The van der Waals surface area contributed by atoms with Crippen LogP contribution < -0.4 is 0 Å². The van der Waals surface area contributed by atoms with E-state index in [4.69, 9.17) is 0 Å². The molecule has 3 heteroatoms. The van der Waals surface area contributed by atoms with E-state index in [1.165, 1.54) is 49.4 Å². The van der Waals surface area contributed by atoms with Crippen molar-refractivity contribution in [2.75, 3.05) is 0 Å². The van der Waals surface area contributed by atoms with Gasteiger partial charge < -0.3 is 0 Å². The zero-order chi connectivity index (χ0) is 12.6. The van der Waals surface area contributed by atoms with Crippen molar-refractivity contribution >= 4 is 31.9 Å². The van der Waals surface area contributed by atoms with Crippen molar-refractivity contribution in [1.29, 1.82) is 0 Å². The normalized spacial score (nSPS) is 107. The van der Waals surface area contributed by atoms with Gasteiger partial charge in [-0.15, -0.1) is 0 Å². The van der Waals surface area contributed by atoms with Crippen LogP contribution in [0.4, 0.5) is 0 Å². The topological polar surface area (TPSA) is 0 Å². The number of rotatable bonds is 2. The van der Waals surface area contributed by atoms with Crippen molar-refractivity contribution in [2.24, 2.45) is 0 Å². The molecule has 10 fully saturated rings. The summed E-state index contributed by atoms with van der Waals surface area (Å²) in [6.45, 7) is -3.05. The minimum atomic E-state index is -3.05. The molecule has 20 heavy (non-hydrogen) atoms. The molecule has 0 saturated carbocycles. The number of hydrogen-bond acceptors (Lipinski definition) is 0. The van der Waals surface area contributed by atoms with Gasteiger partial charge >= 0.3 is 125 Å². The van der Waals surface area contributed by atoms with Gasteiger partial charge in [-0.25, -0.2) is 0 Å². The number of alkyl halides is 1. The summed E-state index contributed by atoms with van der Waals surface area (Å²) in [5, 5.41) is 0. The minimum absolute atomic E-state index is 0.828. The molecule has 0 amide bonds. The van der Waals surface area contributed by atoms with Crippen LogP contribution in [0.2, 0.25) is 42.8 Å². The van der Waals surface area contributed by atoms with Gasteiger partial charge in [-0.05, 0) is 0 Å². The Morgan fingerprint density at radius 2 is 1.60 bits per heavy atom. The molecule has 104 valence electrons. The molecule has 1 spiro atoms. The molecular weight excluding hydrogens is 420 g/mol. The second-order valence-corrected chi connectivity index (χ2v) is 37.7. The summed E-state index contributed by atoms with van der Waals surface area (Å²) < 4.78 is 3.12. The second kappa shape index (κ2) is 0.802. The fourth-order valence-corrected chi connectivity index (χ4v) is 106. The van der Waals surface area contributed by atoms with E-state index >= 15 is 0 Å². The van der Waals surface area contributed by atoms with Crippen LogP contribution in [0.25, 0.3) is 0 Å². The Bertz CT molecular complexity index is 1220. The molecule has 10 heterocycles. The molecule has 10 saturated heterocycles. The fraction of sp³-hybridized carbons (Fsp3) is 0.647. The maximum atomic E-state index is 4.56.